The summed E-state index contributed by atoms with van der Waals surface area (Å²) in [6.07, 6.45) is 6.34. The SMILES string of the molecule is O=C(c1ccc(-c2cncc(-c3ccnc(C4COC4)c3)c2)c(Cl)c1)N1CCC(O)CC1. The van der Waals surface area contributed by atoms with E-state index >= 15 is 0 Å². The van der Waals surface area contributed by atoms with Crippen LogP contribution in [0.2, 0.25) is 5.02 Å². The Bertz CT molecular complexity index is 1140. The molecule has 0 atom stereocenters. The Hall–Kier alpha value is -2.80. The Morgan fingerprint density at radius 2 is 1.81 bits per heavy atom. The Balaban J connectivity index is 1.39. The number of hydrogen-bond donors (Lipinski definition) is 1. The second kappa shape index (κ2) is 8.98. The number of hydrogen-bond acceptors (Lipinski definition) is 5. The monoisotopic (exact) mass is 449 g/mol. The van der Waals surface area contributed by atoms with Gasteiger partial charge in [-0.25, -0.2) is 0 Å². The summed E-state index contributed by atoms with van der Waals surface area (Å²) in [5.41, 5.74) is 5.33. The molecule has 164 valence electrons. The Kier molecular flexibility index (Phi) is 5.91. The first-order valence-electron chi connectivity index (χ1n) is 10.8. The van der Waals surface area contributed by atoms with E-state index in [4.69, 9.17) is 16.3 Å². The maximum atomic E-state index is 12.8. The molecule has 0 bridgehead atoms. The number of rotatable bonds is 4. The highest BCUT2D eigenvalue weighted by molar-refractivity contribution is 6.33. The molecule has 3 aromatic rings. The van der Waals surface area contributed by atoms with Gasteiger partial charge in [0.2, 0.25) is 0 Å². The number of ether oxygens (including phenoxy) is 1. The third-order valence-electron chi connectivity index (χ3n) is 6.19. The van der Waals surface area contributed by atoms with Gasteiger partial charge in [-0.05, 0) is 48.7 Å². The van der Waals surface area contributed by atoms with Gasteiger partial charge in [0, 0.05) is 70.6 Å². The minimum Gasteiger partial charge on any atom is -0.393 e. The van der Waals surface area contributed by atoms with Crippen LogP contribution in [0.15, 0.2) is 55.0 Å². The minimum absolute atomic E-state index is 0.0542. The summed E-state index contributed by atoms with van der Waals surface area (Å²) >= 11 is 6.60. The predicted octanol–water partition coefficient (Wildman–Crippen LogP) is 4.17. The van der Waals surface area contributed by atoms with Gasteiger partial charge in [-0.1, -0.05) is 17.7 Å². The molecule has 0 spiro atoms. The zero-order valence-electron chi connectivity index (χ0n) is 17.6. The summed E-state index contributed by atoms with van der Waals surface area (Å²) in [4.78, 5) is 23.5. The number of halogens is 1. The summed E-state index contributed by atoms with van der Waals surface area (Å²) in [6.45, 7) is 2.55. The minimum atomic E-state index is -0.316. The lowest BCUT2D eigenvalue weighted by atomic mass is 9.98. The number of aliphatic hydroxyl groups is 1. The molecule has 2 fully saturated rings. The van der Waals surface area contributed by atoms with Crippen LogP contribution in [0, 0.1) is 0 Å². The van der Waals surface area contributed by atoms with Gasteiger partial charge in [0.1, 0.15) is 0 Å². The highest BCUT2D eigenvalue weighted by Gasteiger charge is 2.23. The maximum Gasteiger partial charge on any atom is 0.253 e. The lowest BCUT2D eigenvalue weighted by Crippen LogP contribution is -2.40. The van der Waals surface area contributed by atoms with Crippen molar-refractivity contribution < 1.29 is 14.6 Å². The fourth-order valence-electron chi connectivity index (χ4n) is 4.14. The van der Waals surface area contributed by atoms with E-state index in [1.165, 1.54) is 0 Å². The highest BCUT2D eigenvalue weighted by Crippen LogP contribution is 2.32. The first-order chi connectivity index (χ1) is 15.6. The van der Waals surface area contributed by atoms with Crippen LogP contribution in [0.3, 0.4) is 0 Å². The maximum absolute atomic E-state index is 12.8. The topological polar surface area (TPSA) is 75.5 Å². The molecule has 2 saturated heterocycles. The number of carbonyl (C=O) groups is 1. The molecule has 1 N–H and O–H groups in total. The predicted molar refractivity (Wildman–Crippen MR) is 123 cm³/mol. The van der Waals surface area contributed by atoms with Crippen molar-refractivity contribution in [1.29, 1.82) is 0 Å². The molecule has 5 rings (SSSR count). The number of nitrogens with zero attached hydrogens (tertiary/aromatic N) is 3. The molecule has 0 unspecified atom stereocenters. The fourth-order valence-corrected chi connectivity index (χ4v) is 4.43. The van der Waals surface area contributed by atoms with Crippen molar-refractivity contribution in [2.24, 2.45) is 0 Å². The van der Waals surface area contributed by atoms with Gasteiger partial charge in [0.15, 0.2) is 0 Å². The van der Waals surface area contributed by atoms with Crippen molar-refractivity contribution in [3.8, 4) is 22.3 Å². The van der Waals surface area contributed by atoms with Gasteiger partial charge < -0.3 is 14.7 Å². The molecule has 32 heavy (non-hydrogen) atoms. The number of benzene rings is 1. The molecule has 2 aliphatic heterocycles. The summed E-state index contributed by atoms with van der Waals surface area (Å²) < 4.78 is 5.29. The molecule has 0 radical (unpaired) electrons. The Morgan fingerprint density at radius 3 is 2.53 bits per heavy atom. The quantitative estimate of drug-likeness (QED) is 0.646. The Labute approximate surface area is 191 Å². The lowest BCUT2D eigenvalue weighted by Gasteiger charge is -2.29. The van der Waals surface area contributed by atoms with Crippen LogP contribution < -0.4 is 0 Å². The molecular weight excluding hydrogens is 426 g/mol. The van der Waals surface area contributed by atoms with Crippen molar-refractivity contribution in [2.45, 2.75) is 24.9 Å². The van der Waals surface area contributed by atoms with E-state index in [0.29, 0.717) is 55.6 Å². The van der Waals surface area contributed by atoms with E-state index in [1.54, 1.807) is 17.2 Å². The third-order valence-corrected chi connectivity index (χ3v) is 6.50. The molecule has 7 heteroatoms. The second-order valence-corrected chi connectivity index (χ2v) is 8.79. The zero-order valence-corrected chi connectivity index (χ0v) is 18.3. The molecule has 1 amide bonds. The average molecular weight is 450 g/mol. The van der Waals surface area contributed by atoms with Crippen LogP contribution >= 0.6 is 11.6 Å². The number of carbonyl (C=O) groups excluding carboxylic acids is 1. The van der Waals surface area contributed by atoms with Gasteiger partial charge >= 0.3 is 0 Å². The van der Waals surface area contributed by atoms with E-state index < -0.39 is 0 Å². The van der Waals surface area contributed by atoms with Crippen LogP contribution in [0.1, 0.15) is 34.8 Å². The van der Waals surface area contributed by atoms with Gasteiger partial charge in [-0.15, -0.1) is 0 Å². The number of amides is 1. The van der Waals surface area contributed by atoms with Crippen LogP contribution in [0.4, 0.5) is 0 Å². The average Bonchev–Trinajstić information content (AvgIpc) is 2.78. The molecule has 2 aliphatic rings. The molecule has 4 heterocycles. The molecule has 0 saturated carbocycles. The van der Waals surface area contributed by atoms with Crippen molar-refractivity contribution in [1.82, 2.24) is 14.9 Å². The summed E-state index contributed by atoms with van der Waals surface area (Å²) in [6, 6.07) is 11.5. The number of piperidine rings is 1. The second-order valence-electron chi connectivity index (χ2n) is 8.38. The summed E-state index contributed by atoms with van der Waals surface area (Å²) in [5, 5.41) is 10.2. The highest BCUT2D eigenvalue weighted by atomic mass is 35.5. The molecule has 0 aliphatic carbocycles. The fraction of sp³-hybridized carbons (Fsp3) is 0.320. The summed E-state index contributed by atoms with van der Waals surface area (Å²) in [7, 11) is 0. The zero-order chi connectivity index (χ0) is 22.1. The number of aliphatic hydroxyl groups excluding tert-OH is 1. The van der Waals surface area contributed by atoms with Crippen molar-refractivity contribution in [3.05, 3.63) is 71.3 Å². The first-order valence-corrected chi connectivity index (χ1v) is 11.2. The van der Waals surface area contributed by atoms with Crippen LogP contribution in [0.25, 0.3) is 22.3 Å². The van der Waals surface area contributed by atoms with E-state index in [2.05, 4.69) is 22.1 Å². The van der Waals surface area contributed by atoms with Gasteiger partial charge in [0.25, 0.3) is 5.91 Å². The van der Waals surface area contributed by atoms with Gasteiger partial charge in [-0.3, -0.25) is 14.8 Å². The standard InChI is InChI=1S/C25H24ClN3O3/c26-23-10-17(25(31)29-7-4-21(30)5-8-29)1-2-22(23)19-9-18(12-27-13-19)16-3-6-28-24(11-16)20-14-32-15-20/h1-3,6,9-13,20-21,30H,4-5,7-8,14-15H2. The smallest absolute Gasteiger partial charge is 0.253 e. The van der Waals surface area contributed by atoms with Gasteiger partial charge in [0.05, 0.1) is 19.3 Å². The van der Waals surface area contributed by atoms with Crippen molar-refractivity contribution >= 4 is 17.5 Å². The molecule has 2 aromatic heterocycles. The van der Waals surface area contributed by atoms with Crippen LogP contribution in [-0.4, -0.2) is 58.3 Å². The molecule has 1 aromatic carbocycles. The first kappa shape index (κ1) is 21.1. The van der Waals surface area contributed by atoms with E-state index in [-0.39, 0.29) is 12.0 Å². The van der Waals surface area contributed by atoms with E-state index in [1.807, 2.05) is 30.6 Å². The number of likely N-dealkylation sites (tertiary alicyclic amines) is 1. The number of aromatic nitrogens is 2. The van der Waals surface area contributed by atoms with E-state index in [0.717, 1.165) is 27.9 Å². The van der Waals surface area contributed by atoms with Crippen molar-refractivity contribution in [3.63, 3.8) is 0 Å². The van der Waals surface area contributed by atoms with Crippen LogP contribution in [0.5, 0.6) is 0 Å². The summed E-state index contributed by atoms with van der Waals surface area (Å²) in [5.74, 6) is 0.301. The lowest BCUT2D eigenvalue weighted by molar-refractivity contribution is 0.00674. The van der Waals surface area contributed by atoms with E-state index in [9.17, 15) is 9.90 Å². The van der Waals surface area contributed by atoms with Crippen molar-refractivity contribution in [2.75, 3.05) is 26.3 Å². The molecule has 6 nitrogen and oxygen atoms in total. The molecular formula is C25H24ClN3O3. The largest absolute Gasteiger partial charge is 0.393 e. The van der Waals surface area contributed by atoms with Crippen LogP contribution in [-0.2, 0) is 4.74 Å². The van der Waals surface area contributed by atoms with Gasteiger partial charge in [-0.2, -0.15) is 0 Å². The Morgan fingerprint density at radius 1 is 1.03 bits per heavy atom. The normalized spacial score (nSPS) is 17.2. The third kappa shape index (κ3) is 4.26. The number of pyridine rings is 2.